The van der Waals surface area contributed by atoms with Crippen LogP contribution in [-0.2, 0) is 0 Å². The normalized spacial score (nSPS) is 10.6. The lowest BCUT2D eigenvalue weighted by molar-refractivity contribution is 0.0832. The molecule has 0 saturated heterocycles. The predicted molar refractivity (Wildman–Crippen MR) is 51.1 cm³/mol. The molecule has 0 atom stereocenters. The molecule has 2 aromatic rings. The highest BCUT2D eigenvalue weighted by Gasteiger charge is 2.11. The molecule has 0 aliphatic heterocycles. The molecule has 68 valence electrons. The van der Waals surface area contributed by atoms with Crippen molar-refractivity contribution in [3.63, 3.8) is 0 Å². The Kier molecular flexibility index (Phi) is 1.81. The van der Waals surface area contributed by atoms with E-state index in [0.29, 0.717) is 4.88 Å². The van der Waals surface area contributed by atoms with Gasteiger partial charge in [-0.1, -0.05) is 11.3 Å². The maximum atomic E-state index is 11.5. The molecule has 2 rings (SSSR count). The van der Waals surface area contributed by atoms with Gasteiger partial charge in [0.25, 0.3) is 5.91 Å². The first kappa shape index (κ1) is 8.25. The van der Waals surface area contributed by atoms with Gasteiger partial charge in [-0.2, -0.15) is 0 Å². The molecule has 0 aromatic carbocycles. The molecule has 5 heteroatoms. The van der Waals surface area contributed by atoms with Gasteiger partial charge in [0.2, 0.25) is 0 Å². The highest BCUT2D eigenvalue weighted by Crippen LogP contribution is 2.16. The van der Waals surface area contributed by atoms with Gasteiger partial charge in [0.1, 0.15) is 4.88 Å². The summed E-state index contributed by atoms with van der Waals surface area (Å²) in [6.45, 7) is 0. The van der Waals surface area contributed by atoms with E-state index < -0.39 is 0 Å². The second-order valence-corrected chi connectivity index (χ2v) is 3.92. The average molecular weight is 195 g/mol. The number of hydrogen-bond acceptors (Lipinski definition) is 3. The molecule has 0 aliphatic rings. The average Bonchev–Trinajstić information content (AvgIpc) is 2.59. The van der Waals surface area contributed by atoms with Gasteiger partial charge >= 0.3 is 0 Å². The largest absolute Gasteiger partial charge is 0.344 e. The number of imidazole rings is 1. The molecular weight excluding hydrogens is 186 g/mol. The second kappa shape index (κ2) is 2.85. The van der Waals surface area contributed by atoms with Gasteiger partial charge in [-0.15, -0.1) is 0 Å². The van der Waals surface area contributed by atoms with Crippen molar-refractivity contribution < 1.29 is 4.79 Å². The van der Waals surface area contributed by atoms with Crippen LogP contribution in [0.5, 0.6) is 0 Å². The van der Waals surface area contributed by atoms with E-state index in [1.165, 1.54) is 11.3 Å². The van der Waals surface area contributed by atoms with Crippen molar-refractivity contribution in [2.45, 2.75) is 0 Å². The van der Waals surface area contributed by atoms with Crippen molar-refractivity contribution in [3.8, 4) is 0 Å². The summed E-state index contributed by atoms with van der Waals surface area (Å²) in [5.74, 6) is 0.0236. The molecule has 13 heavy (non-hydrogen) atoms. The zero-order valence-electron chi connectivity index (χ0n) is 7.39. The summed E-state index contributed by atoms with van der Waals surface area (Å²) in [6.07, 6.45) is 5.35. The first-order valence-electron chi connectivity index (χ1n) is 3.82. The van der Waals surface area contributed by atoms with Crippen LogP contribution in [-0.4, -0.2) is 34.3 Å². The van der Waals surface area contributed by atoms with E-state index in [4.69, 9.17) is 0 Å². The first-order valence-corrected chi connectivity index (χ1v) is 4.64. The Balaban J connectivity index is 2.45. The van der Waals surface area contributed by atoms with Gasteiger partial charge in [0.05, 0.1) is 0 Å². The van der Waals surface area contributed by atoms with Gasteiger partial charge in [-0.05, 0) is 0 Å². The molecule has 0 aliphatic carbocycles. The fourth-order valence-corrected chi connectivity index (χ4v) is 2.01. The van der Waals surface area contributed by atoms with Gasteiger partial charge in [-0.25, -0.2) is 4.98 Å². The molecule has 2 heterocycles. The minimum atomic E-state index is 0.0236. The van der Waals surface area contributed by atoms with Crippen LogP contribution < -0.4 is 0 Å². The number of hydrogen-bond donors (Lipinski definition) is 0. The van der Waals surface area contributed by atoms with Crippen LogP contribution in [0.1, 0.15) is 9.67 Å². The van der Waals surface area contributed by atoms with Crippen molar-refractivity contribution in [1.29, 1.82) is 0 Å². The van der Waals surface area contributed by atoms with E-state index in [2.05, 4.69) is 4.98 Å². The Morgan fingerprint density at radius 3 is 3.00 bits per heavy atom. The van der Waals surface area contributed by atoms with Gasteiger partial charge in [0.15, 0.2) is 4.96 Å². The zero-order valence-corrected chi connectivity index (χ0v) is 8.21. The molecule has 4 nitrogen and oxygen atoms in total. The highest BCUT2D eigenvalue weighted by atomic mass is 32.1. The Labute approximate surface area is 79.4 Å². The summed E-state index contributed by atoms with van der Waals surface area (Å²) in [4.78, 5) is 18.7. The molecule has 1 amide bonds. The number of rotatable bonds is 1. The van der Waals surface area contributed by atoms with Crippen LogP contribution in [0.4, 0.5) is 0 Å². The Morgan fingerprint density at radius 1 is 1.62 bits per heavy atom. The zero-order chi connectivity index (χ0) is 9.42. The minimum absolute atomic E-state index is 0.0236. The van der Waals surface area contributed by atoms with Crippen molar-refractivity contribution in [1.82, 2.24) is 14.3 Å². The summed E-state index contributed by atoms with van der Waals surface area (Å²) < 4.78 is 1.85. The van der Waals surface area contributed by atoms with E-state index in [9.17, 15) is 4.79 Å². The molecule has 0 bridgehead atoms. The molecule has 2 aromatic heterocycles. The van der Waals surface area contributed by atoms with E-state index in [1.54, 1.807) is 31.4 Å². The number of aromatic nitrogens is 2. The number of carbonyl (C=O) groups excluding carboxylic acids is 1. The van der Waals surface area contributed by atoms with Crippen molar-refractivity contribution in [2.75, 3.05) is 14.1 Å². The van der Waals surface area contributed by atoms with E-state index in [-0.39, 0.29) is 5.91 Å². The monoisotopic (exact) mass is 195 g/mol. The third kappa shape index (κ3) is 1.31. The Morgan fingerprint density at radius 2 is 2.38 bits per heavy atom. The lowest BCUT2D eigenvalue weighted by Crippen LogP contribution is -2.20. The third-order valence-electron chi connectivity index (χ3n) is 1.71. The molecule has 0 radical (unpaired) electrons. The van der Waals surface area contributed by atoms with Crippen LogP contribution in [0.2, 0.25) is 0 Å². The fraction of sp³-hybridized carbons (Fsp3) is 0.250. The fourth-order valence-electron chi connectivity index (χ4n) is 1.05. The lowest BCUT2D eigenvalue weighted by Gasteiger charge is -2.06. The maximum Gasteiger partial charge on any atom is 0.265 e. The number of fused-ring (bicyclic) bond motifs is 1. The summed E-state index contributed by atoms with van der Waals surface area (Å²) in [6, 6.07) is 0. The van der Waals surface area contributed by atoms with Gasteiger partial charge in [-0.3, -0.25) is 9.20 Å². The number of amides is 1. The van der Waals surface area contributed by atoms with Crippen LogP contribution in [0.15, 0.2) is 18.6 Å². The molecule has 0 saturated carbocycles. The van der Waals surface area contributed by atoms with E-state index in [0.717, 1.165) is 4.96 Å². The second-order valence-electron chi connectivity index (χ2n) is 2.91. The lowest BCUT2D eigenvalue weighted by atomic mass is 10.5. The summed E-state index contributed by atoms with van der Waals surface area (Å²) in [5, 5.41) is 0. The SMILES string of the molecule is CN(C)C(=O)c1cn2ccnc2s1. The molecule has 0 spiro atoms. The number of thiazole rings is 1. The highest BCUT2D eigenvalue weighted by molar-refractivity contribution is 7.18. The van der Waals surface area contributed by atoms with Gasteiger partial charge < -0.3 is 4.90 Å². The van der Waals surface area contributed by atoms with Crippen molar-refractivity contribution in [2.24, 2.45) is 0 Å². The molecular formula is C8H9N3OS. The van der Waals surface area contributed by atoms with Gasteiger partial charge in [0, 0.05) is 32.7 Å². The third-order valence-corrected chi connectivity index (χ3v) is 2.71. The van der Waals surface area contributed by atoms with Crippen LogP contribution in [0.3, 0.4) is 0 Å². The Hall–Kier alpha value is -1.36. The molecule has 0 N–H and O–H groups in total. The van der Waals surface area contributed by atoms with Crippen molar-refractivity contribution >= 4 is 22.2 Å². The van der Waals surface area contributed by atoms with Crippen LogP contribution in [0.25, 0.3) is 4.96 Å². The molecule has 0 fully saturated rings. The quantitative estimate of drug-likeness (QED) is 0.683. The number of nitrogens with zero attached hydrogens (tertiary/aromatic N) is 3. The minimum Gasteiger partial charge on any atom is -0.344 e. The topological polar surface area (TPSA) is 37.6 Å². The van der Waals surface area contributed by atoms with E-state index >= 15 is 0 Å². The summed E-state index contributed by atoms with van der Waals surface area (Å²) in [7, 11) is 3.48. The van der Waals surface area contributed by atoms with E-state index in [1.807, 2.05) is 10.6 Å². The Bertz CT molecular complexity index is 414. The predicted octanol–water partition coefficient (Wildman–Crippen LogP) is 1.10. The standard InChI is InChI=1S/C8H9N3OS/c1-10(2)7(12)6-5-11-4-3-9-8(11)13-6/h3-5H,1-2H3. The smallest absolute Gasteiger partial charge is 0.265 e. The first-order chi connectivity index (χ1) is 6.18. The number of carbonyl (C=O) groups is 1. The summed E-state index contributed by atoms with van der Waals surface area (Å²) >= 11 is 1.40. The van der Waals surface area contributed by atoms with Crippen LogP contribution in [0, 0.1) is 0 Å². The maximum absolute atomic E-state index is 11.5. The van der Waals surface area contributed by atoms with Crippen LogP contribution >= 0.6 is 11.3 Å². The van der Waals surface area contributed by atoms with Crippen molar-refractivity contribution in [3.05, 3.63) is 23.5 Å². The molecule has 0 unspecified atom stereocenters. The summed E-state index contributed by atoms with van der Waals surface area (Å²) in [5.41, 5.74) is 0.